The van der Waals surface area contributed by atoms with Gasteiger partial charge in [-0.25, -0.2) is 4.79 Å². The number of benzene rings is 1. The third-order valence-corrected chi connectivity index (χ3v) is 2.59. The monoisotopic (exact) mass is 301 g/mol. The van der Waals surface area contributed by atoms with E-state index in [4.69, 9.17) is 10.5 Å². The highest BCUT2D eigenvalue weighted by Gasteiger charge is 2.34. The predicted octanol–water partition coefficient (Wildman–Crippen LogP) is 1.53. The van der Waals surface area contributed by atoms with Crippen LogP contribution in [0.1, 0.15) is 17.4 Å². The Morgan fingerprint density at radius 2 is 2.10 bits per heavy atom. The van der Waals surface area contributed by atoms with Gasteiger partial charge in [-0.05, 0) is 16.8 Å². The number of carbonyl (C=O) groups is 1. The van der Waals surface area contributed by atoms with Crippen LogP contribution in [-0.2, 0) is 17.3 Å². The summed E-state index contributed by atoms with van der Waals surface area (Å²) < 4.78 is 43.5. The van der Waals surface area contributed by atoms with Crippen molar-refractivity contribution in [3.05, 3.63) is 41.7 Å². The van der Waals surface area contributed by atoms with Crippen LogP contribution in [-0.4, -0.2) is 26.3 Å². The van der Waals surface area contributed by atoms with Crippen LogP contribution in [0.4, 0.5) is 18.0 Å². The molecule has 0 spiro atoms. The fourth-order valence-electron chi connectivity index (χ4n) is 1.77. The lowest BCUT2D eigenvalue weighted by Crippen LogP contribution is -2.26. The lowest BCUT2D eigenvalue weighted by atomic mass is 10.0. The first-order valence-electron chi connectivity index (χ1n) is 5.71. The number of primary amides is 1. The molecule has 0 radical (unpaired) electrons. The first-order valence-corrected chi connectivity index (χ1v) is 5.71. The second-order valence-corrected chi connectivity index (χ2v) is 4.01. The molecule has 0 aliphatic rings. The summed E-state index contributed by atoms with van der Waals surface area (Å²) in [6.45, 7) is 0. The number of rotatable bonds is 4. The Hall–Kier alpha value is -2.65. The number of nitrogens with two attached hydrogens (primary N) is 1. The zero-order chi connectivity index (χ0) is 15.5. The first kappa shape index (κ1) is 14.8. The minimum atomic E-state index is -4.52. The van der Waals surface area contributed by atoms with Crippen LogP contribution in [0, 0.1) is 0 Å². The summed E-state index contributed by atoms with van der Waals surface area (Å²) in [4.78, 5) is 11.7. The second kappa shape index (κ2) is 5.77. The molecule has 112 valence electrons. The third-order valence-electron chi connectivity index (χ3n) is 2.59. The molecule has 0 aliphatic carbocycles. The average molecular weight is 301 g/mol. The molecule has 0 aliphatic heterocycles. The third kappa shape index (κ3) is 3.68. The SMILES string of the molecule is NC(=O)O[C@@H](Cc1ccccc1C(F)(F)F)n1ncnn1. The second-order valence-electron chi connectivity index (χ2n) is 4.01. The quantitative estimate of drug-likeness (QED) is 0.923. The van der Waals surface area contributed by atoms with Crippen LogP contribution in [0.5, 0.6) is 0 Å². The maximum atomic E-state index is 12.9. The van der Waals surface area contributed by atoms with E-state index in [1.54, 1.807) is 0 Å². The molecule has 0 bridgehead atoms. The number of hydrogen-bond donors (Lipinski definition) is 1. The average Bonchev–Trinajstić information content (AvgIpc) is 2.90. The molecule has 21 heavy (non-hydrogen) atoms. The molecule has 2 N–H and O–H groups in total. The molecular formula is C11H10F3N5O2. The molecule has 1 atom stereocenters. The van der Waals surface area contributed by atoms with E-state index in [2.05, 4.69) is 15.4 Å². The predicted molar refractivity (Wildman–Crippen MR) is 62.7 cm³/mol. The van der Waals surface area contributed by atoms with E-state index in [-0.39, 0.29) is 12.0 Å². The molecule has 7 nitrogen and oxygen atoms in total. The Morgan fingerprint density at radius 1 is 1.38 bits per heavy atom. The first-order chi connectivity index (χ1) is 9.88. The van der Waals surface area contributed by atoms with E-state index >= 15 is 0 Å². The number of alkyl halides is 3. The van der Waals surface area contributed by atoms with Crippen molar-refractivity contribution in [1.82, 2.24) is 20.2 Å². The van der Waals surface area contributed by atoms with Crippen molar-refractivity contribution in [2.24, 2.45) is 5.73 Å². The molecule has 2 aromatic rings. The largest absolute Gasteiger partial charge is 0.422 e. The van der Waals surface area contributed by atoms with Crippen LogP contribution < -0.4 is 5.73 Å². The molecule has 0 unspecified atom stereocenters. The molecular weight excluding hydrogens is 291 g/mol. The van der Waals surface area contributed by atoms with Gasteiger partial charge in [-0.15, -0.1) is 15.0 Å². The van der Waals surface area contributed by atoms with E-state index in [9.17, 15) is 18.0 Å². The lowest BCUT2D eigenvalue weighted by Gasteiger charge is -2.18. The summed E-state index contributed by atoms with van der Waals surface area (Å²) in [6, 6.07) is 4.92. The van der Waals surface area contributed by atoms with Crippen LogP contribution in [0.25, 0.3) is 0 Å². The van der Waals surface area contributed by atoms with Crippen molar-refractivity contribution in [2.75, 3.05) is 0 Å². The minimum absolute atomic E-state index is 0.0754. The molecule has 0 saturated carbocycles. The molecule has 10 heteroatoms. The Kier molecular flexibility index (Phi) is 4.05. The van der Waals surface area contributed by atoms with Gasteiger partial charge in [0.2, 0.25) is 6.23 Å². The zero-order valence-corrected chi connectivity index (χ0v) is 10.5. The van der Waals surface area contributed by atoms with Crippen molar-refractivity contribution >= 4 is 6.09 Å². The molecule has 1 heterocycles. The van der Waals surface area contributed by atoms with Gasteiger partial charge < -0.3 is 10.5 Å². The van der Waals surface area contributed by atoms with Crippen molar-refractivity contribution in [3.63, 3.8) is 0 Å². The molecule has 2 rings (SSSR count). The highest BCUT2D eigenvalue weighted by atomic mass is 19.4. The van der Waals surface area contributed by atoms with Crippen LogP contribution in [0.2, 0.25) is 0 Å². The highest BCUT2D eigenvalue weighted by molar-refractivity contribution is 5.64. The zero-order valence-electron chi connectivity index (χ0n) is 10.5. The van der Waals surface area contributed by atoms with Gasteiger partial charge >= 0.3 is 12.3 Å². The summed E-state index contributed by atoms with van der Waals surface area (Å²) in [5.41, 5.74) is 4.00. The lowest BCUT2D eigenvalue weighted by molar-refractivity contribution is -0.138. The number of tetrazole rings is 1. The van der Waals surface area contributed by atoms with Crippen molar-refractivity contribution in [2.45, 2.75) is 18.8 Å². The number of ether oxygens (including phenoxy) is 1. The van der Waals surface area contributed by atoms with Crippen LogP contribution in [0.15, 0.2) is 30.6 Å². The van der Waals surface area contributed by atoms with Gasteiger partial charge in [0.25, 0.3) is 0 Å². The van der Waals surface area contributed by atoms with Gasteiger partial charge in [0.1, 0.15) is 0 Å². The Balaban J connectivity index is 2.31. The summed E-state index contributed by atoms with van der Waals surface area (Å²) in [6.07, 6.45) is -6.12. The normalized spacial score (nSPS) is 12.9. The van der Waals surface area contributed by atoms with E-state index in [1.807, 2.05) is 0 Å². The van der Waals surface area contributed by atoms with Gasteiger partial charge in [0.05, 0.1) is 5.56 Å². The van der Waals surface area contributed by atoms with Crippen molar-refractivity contribution in [3.8, 4) is 0 Å². The summed E-state index contributed by atoms with van der Waals surface area (Å²) >= 11 is 0. The molecule has 1 amide bonds. The van der Waals surface area contributed by atoms with Crippen LogP contribution >= 0.6 is 0 Å². The Morgan fingerprint density at radius 3 is 2.67 bits per heavy atom. The van der Waals surface area contributed by atoms with Gasteiger partial charge in [0.15, 0.2) is 6.33 Å². The molecule has 1 aromatic heterocycles. The van der Waals surface area contributed by atoms with Gasteiger partial charge in [-0.3, -0.25) is 0 Å². The Labute approximate surface area is 116 Å². The molecule has 0 fully saturated rings. The number of carbonyl (C=O) groups excluding carboxylic acids is 1. The standard InChI is InChI=1S/C11H10F3N5O2/c12-11(13,14)8-4-2-1-3-7(8)5-9(21-10(15)20)19-17-6-16-18-19/h1-4,6,9H,5H2,(H2,15,20)/t9-/m0/s1. The fraction of sp³-hybridized carbons (Fsp3) is 0.273. The van der Waals surface area contributed by atoms with Crippen molar-refractivity contribution < 1.29 is 22.7 Å². The van der Waals surface area contributed by atoms with Crippen molar-refractivity contribution in [1.29, 1.82) is 0 Å². The topological polar surface area (TPSA) is 95.9 Å². The van der Waals surface area contributed by atoms with Gasteiger partial charge in [-0.2, -0.15) is 13.2 Å². The van der Waals surface area contributed by atoms with E-state index < -0.39 is 24.1 Å². The Bertz CT molecular complexity index is 615. The smallest absolute Gasteiger partial charge is 0.416 e. The van der Waals surface area contributed by atoms with Gasteiger partial charge in [-0.1, -0.05) is 18.2 Å². The fourth-order valence-corrected chi connectivity index (χ4v) is 1.77. The summed E-state index contributed by atoms with van der Waals surface area (Å²) in [7, 11) is 0. The molecule has 0 saturated heterocycles. The van der Waals surface area contributed by atoms with Crippen LogP contribution in [0.3, 0.4) is 0 Å². The number of halogens is 3. The number of amides is 1. The summed E-state index contributed by atoms with van der Waals surface area (Å²) in [5.74, 6) is 0. The summed E-state index contributed by atoms with van der Waals surface area (Å²) in [5, 5.41) is 10.5. The van der Waals surface area contributed by atoms with E-state index in [0.717, 1.165) is 17.2 Å². The van der Waals surface area contributed by atoms with E-state index in [1.165, 1.54) is 18.2 Å². The number of hydrogen-bond acceptors (Lipinski definition) is 5. The number of nitrogens with zero attached hydrogens (tertiary/aromatic N) is 4. The van der Waals surface area contributed by atoms with Gasteiger partial charge in [0, 0.05) is 6.42 Å². The minimum Gasteiger partial charge on any atom is -0.422 e. The van der Waals surface area contributed by atoms with E-state index in [0.29, 0.717) is 0 Å². The molecule has 1 aromatic carbocycles. The maximum Gasteiger partial charge on any atom is 0.416 e. The highest BCUT2D eigenvalue weighted by Crippen LogP contribution is 2.33. The maximum absolute atomic E-state index is 12.9. The number of aromatic nitrogens is 4.